The quantitative estimate of drug-likeness (QED) is 0.634. The van der Waals surface area contributed by atoms with Crippen LogP contribution in [0.2, 0.25) is 0 Å². The molecule has 2 aliphatic heterocycles. The summed E-state index contributed by atoms with van der Waals surface area (Å²) in [4.78, 5) is 34.6. The predicted molar refractivity (Wildman–Crippen MR) is 118 cm³/mol. The minimum Gasteiger partial charge on any atom is -0.508 e. The highest BCUT2D eigenvalue weighted by Gasteiger charge is 2.69. The van der Waals surface area contributed by atoms with Gasteiger partial charge in [-0.1, -0.05) is 36.4 Å². The number of imide groups is 1. The van der Waals surface area contributed by atoms with Crippen LogP contribution in [0.15, 0.2) is 78.9 Å². The van der Waals surface area contributed by atoms with Crippen molar-refractivity contribution in [1.29, 1.82) is 0 Å². The number of rotatable bonds is 4. The van der Waals surface area contributed by atoms with E-state index < -0.39 is 23.5 Å². The number of amides is 2. The number of hydrogen-bond acceptors (Lipinski definition) is 6. The molecule has 7 heteroatoms. The number of anilines is 2. The van der Waals surface area contributed by atoms with Crippen LogP contribution in [0.4, 0.5) is 11.4 Å². The average Bonchev–Trinajstić information content (AvgIpc) is 3.23. The van der Waals surface area contributed by atoms with E-state index in [4.69, 9.17) is 9.57 Å². The van der Waals surface area contributed by atoms with E-state index in [9.17, 15) is 14.7 Å². The molecule has 2 saturated heterocycles. The van der Waals surface area contributed by atoms with E-state index in [2.05, 4.69) is 0 Å². The Labute approximate surface area is 185 Å². The van der Waals surface area contributed by atoms with Crippen LogP contribution >= 0.6 is 0 Å². The van der Waals surface area contributed by atoms with Gasteiger partial charge in [0.05, 0.1) is 18.5 Å². The van der Waals surface area contributed by atoms with Crippen molar-refractivity contribution in [3.8, 4) is 11.5 Å². The van der Waals surface area contributed by atoms with E-state index in [0.717, 1.165) is 0 Å². The van der Waals surface area contributed by atoms with E-state index in [1.165, 1.54) is 4.90 Å². The van der Waals surface area contributed by atoms with Crippen molar-refractivity contribution in [2.24, 2.45) is 5.41 Å². The fourth-order valence-corrected chi connectivity index (χ4v) is 4.59. The average molecular weight is 430 g/mol. The number of benzene rings is 3. The molecule has 0 aromatic heterocycles. The second-order valence-corrected chi connectivity index (χ2v) is 8.07. The monoisotopic (exact) mass is 430 g/mol. The molecule has 2 amide bonds. The fraction of sp³-hybridized carbons (Fsp3) is 0.200. The van der Waals surface area contributed by atoms with Crippen LogP contribution in [-0.2, 0) is 14.4 Å². The number of phenols is 1. The zero-order chi connectivity index (χ0) is 22.5. The zero-order valence-electron chi connectivity index (χ0n) is 17.6. The molecule has 3 aromatic rings. The first-order valence-corrected chi connectivity index (χ1v) is 10.3. The van der Waals surface area contributed by atoms with E-state index in [0.29, 0.717) is 22.7 Å². The number of carbonyl (C=O) groups excluding carboxylic acids is 2. The third-order valence-corrected chi connectivity index (χ3v) is 6.25. The molecule has 5 rings (SSSR count). The Morgan fingerprint density at radius 1 is 0.906 bits per heavy atom. The van der Waals surface area contributed by atoms with Gasteiger partial charge in [-0.25, -0.2) is 9.96 Å². The number of hydrogen-bond donors (Lipinski definition) is 1. The summed E-state index contributed by atoms with van der Waals surface area (Å²) in [5.74, 6) is -0.171. The molecule has 0 bridgehead atoms. The minimum atomic E-state index is -1.26. The molecule has 1 N–H and O–H groups in total. The predicted octanol–water partition coefficient (Wildman–Crippen LogP) is 3.84. The standard InChI is InChI=1S/C25H22N2O5/c1-25-21(19-10-6-7-11-20(19)28)27(17-8-4-3-5-9-17)32-22(25)23(29)26(24(25)30)16-12-14-18(31-2)15-13-16/h3-15,21-22,28H,1-2H3. The molecule has 2 heterocycles. The summed E-state index contributed by atoms with van der Waals surface area (Å²) < 4.78 is 5.18. The number of ether oxygens (including phenoxy) is 1. The van der Waals surface area contributed by atoms with Crippen LogP contribution in [0, 0.1) is 5.41 Å². The van der Waals surface area contributed by atoms with Crippen molar-refractivity contribution < 1.29 is 24.3 Å². The Kier molecular flexibility index (Phi) is 4.64. The van der Waals surface area contributed by atoms with Gasteiger partial charge in [-0.05, 0) is 49.4 Å². The molecule has 3 atom stereocenters. The van der Waals surface area contributed by atoms with Gasteiger partial charge in [0.25, 0.3) is 5.91 Å². The first-order valence-electron chi connectivity index (χ1n) is 10.3. The zero-order valence-corrected chi connectivity index (χ0v) is 17.6. The number of para-hydroxylation sites is 2. The number of methoxy groups -OCH3 is 1. The molecule has 0 aliphatic carbocycles. The van der Waals surface area contributed by atoms with Gasteiger partial charge in [0.1, 0.15) is 23.0 Å². The summed E-state index contributed by atoms with van der Waals surface area (Å²) in [6, 6.07) is 22.1. The highest BCUT2D eigenvalue weighted by atomic mass is 16.7. The van der Waals surface area contributed by atoms with Gasteiger partial charge in [-0.3, -0.25) is 14.4 Å². The first-order chi connectivity index (χ1) is 15.5. The first kappa shape index (κ1) is 20.1. The minimum absolute atomic E-state index is 0.0343. The lowest BCUT2D eigenvalue weighted by molar-refractivity contribution is -0.128. The highest BCUT2D eigenvalue weighted by Crippen LogP contribution is 2.56. The number of fused-ring (bicyclic) bond motifs is 1. The highest BCUT2D eigenvalue weighted by molar-refractivity contribution is 6.25. The molecule has 0 radical (unpaired) electrons. The Balaban J connectivity index is 1.63. The summed E-state index contributed by atoms with van der Waals surface area (Å²) in [6.07, 6.45) is -1.04. The van der Waals surface area contributed by atoms with E-state index in [1.807, 2.05) is 30.3 Å². The topological polar surface area (TPSA) is 79.3 Å². The lowest BCUT2D eigenvalue weighted by atomic mass is 9.76. The summed E-state index contributed by atoms with van der Waals surface area (Å²) in [6.45, 7) is 1.72. The maximum absolute atomic E-state index is 13.8. The van der Waals surface area contributed by atoms with Crippen molar-refractivity contribution >= 4 is 23.2 Å². The molecule has 32 heavy (non-hydrogen) atoms. The lowest BCUT2D eigenvalue weighted by Gasteiger charge is -2.33. The second kappa shape index (κ2) is 7.39. The van der Waals surface area contributed by atoms with Crippen molar-refractivity contribution in [2.75, 3.05) is 17.1 Å². The van der Waals surface area contributed by atoms with Crippen molar-refractivity contribution in [1.82, 2.24) is 0 Å². The Morgan fingerprint density at radius 3 is 2.22 bits per heavy atom. The summed E-state index contributed by atoms with van der Waals surface area (Å²) in [5.41, 5.74) is 0.389. The van der Waals surface area contributed by atoms with Crippen molar-refractivity contribution in [3.63, 3.8) is 0 Å². The molecule has 2 fully saturated rings. The van der Waals surface area contributed by atoms with Gasteiger partial charge in [0.15, 0.2) is 6.10 Å². The number of carbonyl (C=O) groups is 2. The third kappa shape index (κ3) is 2.78. The molecule has 0 saturated carbocycles. The van der Waals surface area contributed by atoms with Gasteiger partial charge in [0, 0.05) is 5.56 Å². The SMILES string of the molecule is COc1ccc(N2C(=O)C3ON(c4ccccc4)C(c4ccccc4O)C3(C)C2=O)cc1. The number of phenolic OH excluding ortho intramolecular Hbond substituents is 1. The van der Waals surface area contributed by atoms with Crippen LogP contribution in [0.5, 0.6) is 11.5 Å². The van der Waals surface area contributed by atoms with Crippen molar-refractivity contribution in [2.45, 2.75) is 19.1 Å². The summed E-state index contributed by atoms with van der Waals surface area (Å²) >= 11 is 0. The van der Waals surface area contributed by atoms with Crippen LogP contribution in [-0.4, -0.2) is 30.1 Å². The molecule has 3 aromatic carbocycles. The Morgan fingerprint density at radius 2 is 1.56 bits per heavy atom. The molecule has 2 aliphatic rings. The maximum Gasteiger partial charge on any atom is 0.266 e. The molecular weight excluding hydrogens is 408 g/mol. The Hall–Kier alpha value is -3.84. The maximum atomic E-state index is 13.8. The third-order valence-electron chi connectivity index (χ3n) is 6.25. The summed E-state index contributed by atoms with van der Waals surface area (Å²) in [7, 11) is 1.55. The molecule has 7 nitrogen and oxygen atoms in total. The number of aromatic hydroxyl groups is 1. The van der Waals surface area contributed by atoms with Gasteiger partial charge in [-0.15, -0.1) is 0 Å². The Bertz CT molecular complexity index is 1180. The lowest BCUT2D eigenvalue weighted by Crippen LogP contribution is -2.41. The largest absolute Gasteiger partial charge is 0.508 e. The van der Waals surface area contributed by atoms with Gasteiger partial charge in [0.2, 0.25) is 5.91 Å². The van der Waals surface area contributed by atoms with Crippen LogP contribution < -0.4 is 14.7 Å². The fourth-order valence-electron chi connectivity index (χ4n) is 4.59. The van der Waals surface area contributed by atoms with Crippen LogP contribution in [0.1, 0.15) is 18.5 Å². The smallest absolute Gasteiger partial charge is 0.266 e. The van der Waals surface area contributed by atoms with E-state index in [1.54, 1.807) is 67.6 Å². The molecule has 3 unspecified atom stereocenters. The number of hydroxylamine groups is 1. The van der Waals surface area contributed by atoms with E-state index in [-0.39, 0.29) is 11.7 Å². The summed E-state index contributed by atoms with van der Waals surface area (Å²) in [5, 5.41) is 12.2. The van der Waals surface area contributed by atoms with Crippen molar-refractivity contribution in [3.05, 3.63) is 84.4 Å². The van der Waals surface area contributed by atoms with E-state index >= 15 is 0 Å². The normalized spacial score (nSPS) is 24.7. The second-order valence-electron chi connectivity index (χ2n) is 8.07. The van der Waals surface area contributed by atoms with Crippen LogP contribution in [0.25, 0.3) is 0 Å². The number of nitrogens with zero attached hydrogens (tertiary/aromatic N) is 2. The molecule has 162 valence electrons. The van der Waals surface area contributed by atoms with Gasteiger partial charge in [-0.2, -0.15) is 0 Å². The van der Waals surface area contributed by atoms with Gasteiger partial charge < -0.3 is 9.84 Å². The molecule has 0 spiro atoms. The van der Waals surface area contributed by atoms with Gasteiger partial charge >= 0.3 is 0 Å². The van der Waals surface area contributed by atoms with Crippen LogP contribution in [0.3, 0.4) is 0 Å². The molecular formula is C25H22N2O5.